The monoisotopic (exact) mass is 531 g/mol. The van der Waals surface area contributed by atoms with Gasteiger partial charge < -0.3 is 19.9 Å². The lowest BCUT2D eigenvalue weighted by atomic mass is 10.0. The highest BCUT2D eigenvalue weighted by Gasteiger charge is 2.31. The number of hydrogen-bond acceptors (Lipinski definition) is 6. The number of nitrogens with zero attached hydrogens (tertiary/aromatic N) is 4. The molecule has 1 heterocycles. The van der Waals surface area contributed by atoms with E-state index in [0.717, 1.165) is 59.7 Å². The zero-order valence-corrected chi connectivity index (χ0v) is 23.8. The van der Waals surface area contributed by atoms with Crippen molar-refractivity contribution in [1.29, 1.82) is 5.26 Å². The van der Waals surface area contributed by atoms with Gasteiger partial charge in [0.05, 0.1) is 17.7 Å². The Morgan fingerprint density at radius 2 is 2.08 bits per heavy atom. The Bertz CT molecular complexity index is 1290. The van der Waals surface area contributed by atoms with Gasteiger partial charge in [-0.15, -0.1) is 12.6 Å². The molecule has 1 saturated heterocycles. The van der Waals surface area contributed by atoms with E-state index in [1.807, 2.05) is 43.9 Å². The fourth-order valence-corrected chi connectivity index (χ4v) is 5.40. The quantitative estimate of drug-likeness (QED) is 0.370. The van der Waals surface area contributed by atoms with Gasteiger partial charge in [-0.2, -0.15) is 5.26 Å². The summed E-state index contributed by atoms with van der Waals surface area (Å²) in [4.78, 5) is 22.5. The van der Waals surface area contributed by atoms with Gasteiger partial charge in [0.1, 0.15) is 11.8 Å². The van der Waals surface area contributed by atoms with Crippen molar-refractivity contribution < 1.29 is 9.53 Å². The first kappa shape index (κ1) is 27.7. The summed E-state index contributed by atoms with van der Waals surface area (Å²) in [5.74, 6) is 0.577. The molecule has 2 aliphatic rings. The van der Waals surface area contributed by atoms with Crippen LogP contribution in [0.1, 0.15) is 67.5 Å². The van der Waals surface area contributed by atoms with E-state index in [9.17, 15) is 10.1 Å². The molecule has 2 atom stereocenters. The molecule has 1 aliphatic carbocycles. The molecule has 2 amide bonds. The number of rotatable bonds is 7. The molecule has 1 aliphatic heterocycles. The molecule has 2 aromatic rings. The van der Waals surface area contributed by atoms with E-state index in [0.29, 0.717) is 17.4 Å². The zero-order chi connectivity index (χ0) is 27.4. The largest absolute Gasteiger partial charge is 0.490 e. The number of thiol groups is 1. The number of ether oxygens (including phenoxy) is 1. The molecule has 1 fully saturated rings. The SMILES string of the molecule is CC(=N/C=C(\S)c1cccc2c1CC[C@@H]2NC(=O)N1CC[C@H](N(C)C)C1)c1ccc(OC(C)C)c(C#N)c1. The number of likely N-dealkylation sites (tertiary alicyclic amines) is 1. The molecule has 7 nitrogen and oxygen atoms in total. The fourth-order valence-electron chi connectivity index (χ4n) is 5.13. The first-order valence-corrected chi connectivity index (χ1v) is 13.6. The minimum Gasteiger partial charge on any atom is -0.490 e. The van der Waals surface area contributed by atoms with Crippen LogP contribution in [0.5, 0.6) is 5.75 Å². The van der Waals surface area contributed by atoms with Crippen LogP contribution in [0.25, 0.3) is 4.91 Å². The van der Waals surface area contributed by atoms with E-state index in [2.05, 4.69) is 47.5 Å². The van der Waals surface area contributed by atoms with Gasteiger partial charge in [-0.3, -0.25) is 4.99 Å². The third-order valence-corrected chi connectivity index (χ3v) is 7.64. The van der Waals surface area contributed by atoms with Crippen molar-refractivity contribution in [2.45, 2.75) is 58.2 Å². The van der Waals surface area contributed by atoms with Gasteiger partial charge in [0.15, 0.2) is 0 Å². The maximum Gasteiger partial charge on any atom is 0.317 e. The Kier molecular flexibility index (Phi) is 8.80. The maximum atomic E-state index is 13.0. The lowest BCUT2D eigenvalue weighted by molar-refractivity contribution is 0.199. The predicted molar refractivity (Wildman–Crippen MR) is 156 cm³/mol. The summed E-state index contributed by atoms with van der Waals surface area (Å²) < 4.78 is 5.73. The number of nitrogens with one attached hydrogen (secondary N) is 1. The summed E-state index contributed by atoms with van der Waals surface area (Å²) in [5.41, 5.74) is 5.52. The lowest BCUT2D eigenvalue weighted by Crippen LogP contribution is -2.41. The van der Waals surface area contributed by atoms with Crippen molar-refractivity contribution in [3.63, 3.8) is 0 Å². The normalized spacial score (nSPS) is 19.6. The molecule has 4 rings (SSSR count). The highest BCUT2D eigenvalue weighted by atomic mass is 32.1. The maximum absolute atomic E-state index is 13.0. The van der Waals surface area contributed by atoms with E-state index >= 15 is 0 Å². The van der Waals surface area contributed by atoms with E-state index in [4.69, 9.17) is 17.4 Å². The topological polar surface area (TPSA) is 81.0 Å². The van der Waals surface area contributed by atoms with Crippen molar-refractivity contribution in [3.8, 4) is 11.8 Å². The van der Waals surface area contributed by atoms with Crippen LogP contribution in [0.4, 0.5) is 4.79 Å². The average molecular weight is 532 g/mol. The third-order valence-electron chi connectivity index (χ3n) is 7.29. The van der Waals surface area contributed by atoms with Crippen LogP contribution in [-0.4, -0.2) is 60.9 Å². The number of carbonyl (C=O) groups is 1. The Hall–Kier alpha value is -3.28. The first-order valence-electron chi connectivity index (χ1n) is 13.2. The highest BCUT2D eigenvalue weighted by molar-refractivity contribution is 7.90. The van der Waals surface area contributed by atoms with Crippen molar-refractivity contribution in [3.05, 3.63) is 70.4 Å². The van der Waals surface area contributed by atoms with Crippen LogP contribution in [0, 0.1) is 11.3 Å². The Balaban J connectivity index is 1.48. The highest BCUT2D eigenvalue weighted by Crippen LogP contribution is 2.37. The van der Waals surface area contributed by atoms with Crippen LogP contribution in [0.3, 0.4) is 0 Å². The summed E-state index contributed by atoms with van der Waals surface area (Å²) in [6.45, 7) is 7.34. The van der Waals surface area contributed by atoms with Gasteiger partial charge in [-0.1, -0.05) is 18.2 Å². The minimum atomic E-state index is -0.00596. The first-order chi connectivity index (χ1) is 18.2. The second-order valence-electron chi connectivity index (χ2n) is 10.5. The van der Waals surface area contributed by atoms with Gasteiger partial charge in [0.2, 0.25) is 0 Å². The second-order valence-corrected chi connectivity index (χ2v) is 11.0. The van der Waals surface area contributed by atoms with Gasteiger partial charge in [0, 0.05) is 35.9 Å². The molecule has 0 spiro atoms. The standard InChI is InChI=1S/C30H37N5O2S/c1-19(2)37-28-12-9-21(15-22(28)16-31)20(3)32-17-29(38)26-8-6-7-25-24(26)10-11-27(25)33-30(36)35-14-13-23(18-35)34(4)5/h6-9,12,15,17,19,23,27,38H,10-11,13-14,18H2,1-5H3,(H,33,36)/b29-17-,32-20?/t23-,27-/m0/s1. The number of likely N-dealkylation sites (N-methyl/N-ethyl adjacent to an activating group) is 1. The minimum absolute atomic E-state index is 0.00166. The Labute approximate surface area is 231 Å². The molecule has 8 heteroatoms. The van der Waals surface area contributed by atoms with Crippen molar-refractivity contribution in [2.75, 3.05) is 27.2 Å². The van der Waals surface area contributed by atoms with E-state index in [1.54, 1.807) is 12.3 Å². The molecule has 0 bridgehead atoms. The van der Waals surface area contributed by atoms with Crippen LogP contribution in [-0.2, 0) is 6.42 Å². The van der Waals surface area contributed by atoms with E-state index < -0.39 is 0 Å². The predicted octanol–water partition coefficient (Wildman–Crippen LogP) is 5.42. The third kappa shape index (κ3) is 6.23. The van der Waals surface area contributed by atoms with Gasteiger partial charge >= 0.3 is 6.03 Å². The lowest BCUT2D eigenvalue weighted by Gasteiger charge is -2.23. The summed E-state index contributed by atoms with van der Waals surface area (Å²) >= 11 is 4.78. The summed E-state index contributed by atoms with van der Waals surface area (Å²) in [7, 11) is 4.13. The smallest absolute Gasteiger partial charge is 0.317 e. The zero-order valence-electron chi connectivity index (χ0n) is 22.9. The molecule has 0 unspecified atom stereocenters. The number of hydrogen-bond donors (Lipinski definition) is 2. The van der Waals surface area contributed by atoms with Gasteiger partial charge in [0.25, 0.3) is 0 Å². The van der Waals surface area contributed by atoms with E-state index in [-0.39, 0.29) is 18.2 Å². The molecule has 0 saturated carbocycles. The molecule has 1 N–H and O–H groups in total. The number of carbonyl (C=O) groups excluding carboxylic acids is 1. The number of benzene rings is 2. The molecule has 0 radical (unpaired) electrons. The average Bonchev–Trinajstić information content (AvgIpc) is 3.55. The second kappa shape index (κ2) is 12.1. The van der Waals surface area contributed by atoms with Gasteiger partial charge in [-0.25, -0.2) is 4.79 Å². The number of amides is 2. The summed E-state index contributed by atoms with van der Waals surface area (Å²) in [6, 6.07) is 14.4. The van der Waals surface area contributed by atoms with Crippen LogP contribution in [0.2, 0.25) is 0 Å². The fraction of sp³-hybridized carbons (Fsp3) is 0.433. The molecule has 38 heavy (non-hydrogen) atoms. The summed E-state index contributed by atoms with van der Waals surface area (Å²) in [6.07, 6.45) is 4.51. The molecule has 200 valence electrons. The Morgan fingerprint density at radius 3 is 2.76 bits per heavy atom. The number of urea groups is 1. The van der Waals surface area contributed by atoms with Crippen molar-refractivity contribution in [1.82, 2.24) is 15.1 Å². The Morgan fingerprint density at radius 1 is 1.29 bits per heavy atom. The molecule has 2 aromatic carbocycles. The summed E-state index contributed by atoms with van der Waals surface area (Å²) in [5, 5.41) is 12.8. The molecule has 0 aromatic heterocycles. The number of fused-ring (bicyclic) bond motifs is 1. The molecular formula is C30H37N5O2S. The van der Waals surface area contributed by atoms with Crippen LogP contribution in [0.15, 0.2) is 47.6 Å². The van der Waals surface area contributed by atoms with Gasteiger partial charge in [-0.05, 0) is 94.6 Å². The van der Waals surface area contributed by atoms with Crippen LogP contribution < -0.4 is 10.1 Å². The number of nitriles is 1. The van der Waals surface area contributed by atoms with Crippen molar-refractivity contribution >= 4 is 29.3 Å². The number of aliphatic imine (C=N–C) groups is 1. The van der Waals surface area contributed by atoms with Crippen molar-refractivity contribution in [2.24, 2.45) is 4.99 Å². The van der Waals surface area contributed by atoms with Crippen LogP contribution >= 0.6 is 12.6 Å². The molecular weight excluding hydrogens is 494 g/mol. The van der Waals surface area contributed by atoms with E-state index in [1.165, 1.54) is 5.56 Å².